The van der Waals surface area contributed by atoms with Crippen LogP contribution in [0.2, 0.25) is 0 Å². The first-order valence-electron chi connectivity index (χ1n) is 4.38. The predicted octanol–water partition coefficient (Wildman–Crippen LogP) is 0.578. The lowest BCUT2D eigenvalue weighted by Crippen LogP contribution is -2.33. The maximum atomic E-state index is 11.7. The van der Waals surface area contributed by atoms with Crippen molar-refractivity contribution in [3.05, 3.63) is 35.4 Å². The van der Waals surface area contributed by atoms with Gasteiger partial charge in [-0.15, -0.1) is 0 Å². The van der Waals surface area contributed by atoms with Gasteiger partial charge in [0.25, 0.3) is 5.91 Å². The third-order valence-electron chi connectivity index (χ3n) is 2.26. The van der Waals surface area contributed by atoms with Gasteiger partial charge in [0.15, 0.2) is 0 Å². The van der Waals surface area contributed by atoms with E-state index in [0.717, 1.165) is 11.1 Å². The van der Waals surface area contributed by atoms with Crippen LogP contribution in [-0.4, -0.2) is 23.2 Å². The van der Waals surface area contributed by atoms with Gasteiger partial charge in [-0.1, -0.05) is 18.2 Å². The number of hydrogen-bond donors (Lipinski definition) is 2. The summed E-state index contributed by atoms with van der Waals surface area (Å²) in [6.07, 6.45) is 0. The van der Waals surface area contributed by atoms with Crippen LogP contribution in [0.25, 0.3) is 0 Å². The molecule has 4 nitrogen and oxygen atoms in total. The fourth-order valence-electron chi connectivity index (χ4n) is 1.65. The third kappa shape index (κ3) is 1.35. The SMILES string of the molecule is N=C(N)CN1Cc2ccccc2C1=O. The van der Waals surface area contributed by atoms with Crippen LogP contribution in [-0.2, 0) is 6.54 Å². The second-order valence-electron chi connectivity index (χ2n) is 3.34. The lowest BCUT2D eigenvalue weighted by molar-refractivity contribution is 0.0801. The van der Waals surface area contributed by atoms with Crippen molar-refractivity contribution in [3.8, 4) is 0 Å². The van der Waals surface area contributed by atoms with Gasteiger partial charge in [-0.25, -0.2) is 0 Å². The summed E-state index contributed by atoms with van der Waals surface area (Å²) in [6, 6.07) is 7.47. The monoisotopic (exact) mass is 189 g/mol. The van der Waals surface area contributed by atoms with Crippen molar-refractivity contribution in [2.75, 3.05) is 6.54 Å². The average Bonchev–Trinajstić information content (AvgIpc) is 2.44. The van der Waals surface area contributed by atoms with Crippen LogP contribution < -0.4 is 5.73 Å². The molecule has 0 bridgehead atoms. The van der Waals surface area contributed by atoms with Gasteiger partial charge >= 0.3 is 0 Å². The molecular formula is C10H11N3O. The molecule has 1 aromatic rings. The minimum atomic E-state index is -0.0317. The fourth-order valence-corrected chi connectivity index (χ4v) is 1.65. The number of carbonyl (C=O) groups is 1. The molecular weight excluding hydrogens is 178 g/mol. The predicted molar refractivity (Wildman–Crippen MR) is 53.1 cm³/mol. The Morgan fingerprint density at radius 1 is 1.50 bits per heavy atom. The van der Waals surface area contributed by atoms with Crippen LogP contribution in [0.15, 0.2) is 24.3 Å². The molecule has 3 N–H and O–H groups in total. The second-order valence-corrected chi connectivity index (χ2v) is 3.34. The number of nitrogens with two attached hydrogens (primary N) is 1. The molecule has 1 aromatic carbocycles. The summed E-state index contributed by atoms with van der Waals surface area (Å²) >= 11 is 0. The highest BCUT2D eigenvalue weighted by Gasteiger charge is 2.26. The van der Waals surface area contributed by atoms with Gasteiger partial charge in [0.1, 0.15) is 5.84 Å². The number of rotatable bonds is 2. The maximum absolute atomic E-state index is 11.7. The summed E-state index contributed by atoms with van der Waals surface area (Å²) in [6.45, 7) is 0.780. The topological polar surface area (TPSA) is 70.2 Å². The van der Waals surface area contributed by atoms with Gasteiger partial charge in [-0.3, -0.25) is 10.2 Å². The van der Waals surface area contributed by atoms with E-state index in [1.54, 1.807) is 11.0 Å². The minimum absolute atomic E-state index is 0.0196. The molecule has 2 rings (SSSR count). The van der Waals surface area contributed by atoms with Gasteiger partial charge < -0.3 is 10.6 Å². The molecule has 1 aliphatic rings. The van der Waals surface area contributed by atoms with E-state index in [4.69, 9.17) is 11.1 Å². The molecule has 0 fully saturated rings. The summed E-state index contributed by atoms with van der Waals surface area (Å²) in [5, 5.41) is 7.14. The Kier molecular flexibility index (Phi) is 1.96. The lowest BCUT2D eigenvalue weighted by Gasteiger charge is -2.13. The number of hydrogen-bond acceptors (Lipinski definition) is 2. The van der Waals surface area contributed by atoms with Gasteiger partial charge in [-0.2, -0.15) is 0 Å². The molecule has 0 saturated heterocycles. The van der Waals surface area contributed by atoms with E-state index >= 15 is 0 Å². The second kappa shape index (κ2) is 3.14. The minimum Gasteiger partial charge on any atom is -0.386 e. The summed E-state index contributed by atoms with van der Waals surface area (Å²) in [5.74, 6) is -0.0121. The Hall–Kier alpha value is -1.84. The molecule has 72 valence electrons. The van der Waals surface area contributed by atoms with E-state index in [9.17, 15) is 4.79 Å². The van der Waals surface area contributed by atoms with E-state index < -0.39 is 0 Å². The van der Waals surface area contributed by atoms with E-state index in [1.165, 1.54) is 0 Å². The molecule has 0 unspecified atom stereocenters. The fraction of sp³-hybridized carbons (Fsp3) is 0.200. The molecule has 0 aromatic heterocycles. The molecule has 0 atom stereocenters. The zero-order chi connectivity index (χ0) is 10.1. The highest BCUT2D eigenvalue weighted by Crippen LogP contribution is 2.21. The number of amidine groups is 1. The smallest absolute Gasteiger partial charge is 0.254 e. The molecule has 1 amide bonds. The van der Waals surface area contributed by atoms with E-state index in [0.29, 0.717) is 6.54 Å². The van der Waals surface area contributed by atoms with E-state index in [2.05, 4.69) is 0 Å². The Labute approximate surface area is 81.8 Å². The van der Waals surface area contributed by atoms with Crippen LogP contribution in [0.4, 0.5) is 0 Å². The highest BCUT2D eigenvalue weighted by molar-refractivity contribution is 6.00. The Bertz CT molecular complexity index is 400. The molecule has 1 aliphatic heterocycles. The first-order valence-corrected chi connectivity index (χ1v) is 4.38. The summed E-state index contributed by atoms with van der Waals surface area (Å²) in [4.78, 5) is 13.3. The van der Waals surface area contributed by atoms with Gasteiger partial charge in [0.2, 0.25) is 0 Å². The van der Waals surface area contributed by atoms with Gasteiger partial charge in [-0.05, 0) is 11.6 Å². The van der Waals surface area contributed by atoms with E-state index in [1.807, 2.05) is 18.2 Å². The first kappa shape index (κ1) is 8.74. The molecule has 0 radical (unpaired) electrons. The number of fused-ring (bicyclic) bond motifs is 1. The number of carbonyl (C=O) groups excluding carboxylic acids is 1. The highest BCUT2D eigenvalue weighted by atomic mass is 16.2. The van der Waals surface area contributed by atoms with Crippen molar-refractivity contribution < 1.29 is 4.79 Å². The standard InChI is InChI=1S/C10H11N3O/c11-9(12)6-13-5-7-3-1-2-4-8(7)10(13)14/h1-4H,5-6H2,(H3,11,12). The van der Waals surface area contributed by atoms with Crippen molar-refractivity contribution in [2.24, 2.45) is 5.73 Å². The number of nitrogens with zero attached hydrogens (tertiary/aromatic N) is 1. The van der Waals surface area contributed by atoms with Crippen molar-refractivity contribution in [1.29, 1.82) is 5.41 Å². The van der Waals surface area contributed by atoms with Gasteiger partial charge in [0, 0.05) is 12.1 Å². The summed E-state index contributed by atoms with van der Waals surface area (Å²) in [5.41, 5.74) is 7.00. The van der Waals surface area contributed by atoms with Crippen LogP contribution in [0.1, 0.15) is 15.9 Å². The number of nitrogens with one attached hydrogen (secondary N) is 1. The average molecular weight is 189 g/mol. The number of amides is 1. The quantitative estimate of drug-likeness (QED) is 0.527. The molecule has 4 heteroatoms. The zero-order valence-electron chi connectivity index (χ0n) is 7.66. The Morgan fingerprint density at radius 3 is 2.86 bits per heavy atom. The van der Waals surface area contributed by atoms with Crippen molar-refractivity contribution in [3.63, 3.8) is 0 Å². The summed E-state index contributed by atoms with van der Waals surface area (Å²) < 4.78 is 0. The van der Waals surface area contributed by atoms with Crippen LogP contribution in [0, 0.1) is 5.41 Å². The van der Waals surface area contributed by atoms with Gasteiger partial charge in [0.05, 0.1) is 6.54 Å². The Balaban J connectivity index is 2.26. The summed E-state index contributed by atoms with van der Waals surface area (Å²) in [7, 11) is 0. The molecule has 0 saturated carbocycles. The van der Waals surface area contributed by atoms with Crippen molar-refractivity contribution >= 4 is 11.7 Å². The first-order chi connectivity index (χ1) is 6.68. The normalized spacial score (nSPS) is 14.3. The Morgan fingerprint density at radius 2 is 2.21 bits per heavy atom. The molecule has 0 aliphatic carbocycles. The zero-order valence-corrected chi connectivity index (χ0v) is 7.66. The number of benzene rings is 1. The molecule has 1 heterocycles. The van der Waals surface area contributed by atoms with Crippen LogP contribution >= 0.6 is 0 Å². The van der Waals surface area contributed by atoms with Crippen molar-refractivity contribution in [2.45, 2.75) is 6.54 Å². The molecule has 0 spiro atoms. The van der Waals surface area contributed by atoms with Crippen LogP contribution in [0.3, 0.4) is 0 Å². The van der Waals surface area contributed by atoms with Crippen molar-refractivity contribution in [1.82, 2.24) is 4.90 Å². The molecule has 14 heavy (non-hydrogen) atoms. The maximum Gasteiger partial charge on any atom is 0.254 e. The lowest BCUT2D eigenvalue weighted by atomic mass is 10.1. The van der Waals surface area contributed by atoms with Crippen LogP contribution in [0.5, 0.6) is 0 Å². The third-order valence-corrected chi connectivity index (χ3v) is 2.26. The van der Waals surface area contributed by atoms with E-state index in [-0.39, 0.29) is 18.3 Å². The largest absolute Gasteiger partial charge is 0.386 e.